The first-order valence-electron chi connectivity index (χ1n) is 8.63. The summed E-state index contributed by atoms with van der Waals surface area (Å²) in [4.78, 5) is 12.3. The number of nitrogens with one attached hydrogen (secondary N) is 3. The van der Waals surface area contributed by atoms with Gasteiger partial charge in [0.2, 0.25) is 0 Å². The van der Waals surface area contributed by atoms with E-state index in [2.05, 4.69) is 21.4 Å². The van der Waals surface area contributed by atoms with Gasteiger partial charge < -0.3 is 20.4 Å². The number of aromatic nitrogens is 1. The molecule has 4 N–H and O–H groups in total. The highest BCUT2D eigenvalue weighted by molar-refractivity contribution is 5.93. The lowest BCUT2D eigenvalue weighted by molar-refractivity contribution is 0.0754. The van der Waals surface area contributed by atoms with Gasteiger partial charge in [0.05, 0.1) is 17.8 Å². The molecule has 1 aliphatic heterocycles. The molecule has 8 heteroatoms. The third-order valence-corrected chi connectivity index (χ3v) is 4.70. The first-order chi connectivity index (χ1) is 12.6. The highest BCUT2D eigenvalue weighted by atomic mass is 16.5. The van der Waals surface area contributed by atoms with Gasteiger partial charge in [0, 0.05) is 23.9 Å². The summed E-state index contributed by atoms with van der Waals surface area (Å²) in [5.41, 5.74) is 7.84. The van der Waals surface area contributed by atoms with Crippen LogP contribution in [0.5, 0.6) is 0 Å². The van der Waals surface area contributed by atoms with Gasteiger partial charge in [-0.3, -0.25) is 9.80 Å². The van der Waals surface area contributed by atoms with Crippen molar-refractivity contribution in [3.05, 3.63) is 54.0 Å². The summed E-state index contributed by atoms with van der Waals surface area (Å²) in [6.07, 6.45) is 2.94. The van der Waals surface area contributed by atoms with Crippen LogP contribution in [0, 0.1) is 0 Å². The largest absolute Gasteiger partial charge is 0.387 e. The number of aliphatic hydroxyl groups excluding tert-OH is 1. The van der Waals surface area contributed by atoms with E-state index in [-0.39, 0.29) is 23.7 Å². The average molecular weight is 355 g/mol. The topological polar surface area (TPSA) is 103 Å². The smallest absolute Gasteiger partial charge is 0.273 e. The molecule has 26 heavy (non-hydrogen) atoms. The third-order valence-electron chi connectivity index (χ3n) is 4.70. The number of hydrazine groups is 2. The molecule has 2 heterocycles. The Labute approximate surface area is 150 Å². The summed E-state index contributed by atoms with van der Waals surface area (Å²) >= 11 is 0. The van der Waals surface area contributed by atoms with Gasteiger partial charge in [0.15, 0.2) is 11.5 Å². The van der Waals surface area contributed by atoms with Crippen molar-refractivity contribution in [2.45, 2.75) is 38.0 Å². The van der Waals surface area contributed by atoms with Crippen LogP contribution >= 0.6 is 0 Å². The molecule has 0 saturated heterocycles. The lowest BCUT2D eigenvalue weighted by atomic mass is 9.86. The summed E-state index contributed by atoms with van der Waals surface area (Å²) in [7, 11) is 0. The summed E-state index contributed by atoms with van der Waals surface area (Å²) in [6.45, 7) is 1.70. The molecule has 1 aliphatic carbocycles. The summed E-state index contributed by atoms with van der Waals surface area (Å²) in [5, 5.41) is 18.3. The predicted molar refractivity (Wildman–Crippen MR) is 94.1 cm³/mol. The van der Waals surface area contributed by atoms with Crippen molar-refractivity contribution >= 4 is 5.91 Å². The zero-order valence-corrected chi connectivity index (χ0v) is 14.3. The lowest BCUT2D eigenvalue weighted by Gasteiger charge is -2.40. The van der Waals surface area contributed by atoms with Gasteiger partial charge in [0.25, 0.3) is 5.91 Å². The number of carbonyl (C=O) groups is 1. The zero-order chi connectivity index (χ0) is 18.1. The maximum absolute atomic E-state index is 12.3. The lowest BCUT2D eigenvalue weighted by Crippen LogP contribution is -2.56. The molecule has 2 aliphatic rings. The summed E-state index contributed by atoms with van der Waals surface area (Å²) < 4.78 is 5.27. The van der Waals surface area contributed by atoms with Crippen LogP contribution in [0.4, 0.5) is 0 Å². The minimum atomic E-state index is -0.547. The van der Waals surface area contributed by atoms with Gasteiger partial charge in [-0.25, -0.2) is 0 Å². The van der Waals surface area contributed by atoms with E-state index in [1.807, 2.05) is 41.5 Å². The van der Waals surface area contributed by atoms with E-state index in [4.69, 9.17) is 4.52 Å². The Morgan fingerprint density at radius 1 is 1.38 bits per heavy atom. The Kier molecular flexibility index (Phi) is 4.36. The van der Waals surface area contributed by atoms with Crippen molar-refractivity contribution in [1.82, 2.24) is 26.4 Å². The van der Waals surface area contributed by atoms with Crippen LogP contribution in [0.2, 0.25) is 0 Å². The van der Waals surface area contributed by atoms with Crippen LogP contribution in [0.15, 0.2) is 52.8 Å². The fourth-order valence-corrected chi connectivity index (χ4v) is 3.07. The van der Waals surface area contributed by atoms with Gasteiger partial charge in [0.1, 0.15) is 0 Å². The Morgan fingerprint density at radius 2 is 2.15 bits per heavy atom. The van der Waals surface area contributed by atoms with Gasteiger partial charge in [-0.05, 0) is 19.8 Å². The van der Waals surface area contributed by atoms with E-state index in [0.717, 1.165) is 24.1 Å². The second-order valence-electron chi connectivity index (χ2n) is 6.64. The Morgan fingerprint density at radius 3 is 2.85 bits per heavy atom. The number of amides is 1. The molecular formula is C18H21N5O3. The minimum Gasteiger partial charge on any atom is -0.387 e. The van der Waals surface area contributed by atoms with Crippen molar-refractivity contribution in [3.63, 3.8) is 0 Å². The van der Waals surface area contributed by atoms with Crippen LogP contribution in [0.3, 0.4) is 0 Å². The first-order valence-corrected chi connectivity index (χ1v) is 8.63. The molecule has 1 aromatic heterocycles. The highest BCUT2D eigenvalue weighted by Crippen LogP contribution is 2.27. The standard InChI is InChI=1S/C18H21N5O3/c1-11(24)16-10-23(22-20-16)14-7-13(8-14)19-18(25)15-9-17(26-21-15)12-5-3-2-4-6-12/h2-6,9-11,13-14,20,22,24H,7-8H2,1H3,(H,19,25)/t11-,13-,14-/m1/s1. The number of hydrogen-bond acceptors (Lipinski definition) is 7. The van der Waals surface area contributed by atoms with Crippen molar-refractivity contribution in [1.29, 1.82) is 0 Å². The van der Waals surface area contributed by atoms with Crippen LogP contribution in [0.1, 0.15) is 30.3 Å². The third kappa shape index (κ3) is 3.29. The molecule has 8 nitrogen and oxygen atoms in total. The van der Waals surface area contributed by atoms with Gasteiger partial charge >= 0.3 is 0 Å². The molecule has 2 aromatic rings. The molecule has 1 amide bonds. The molecule has 4 rings (SSSR count). The Hall–Kier alpha value is -2.84. The van der Waals surface area contributed by atoms with Gasteiger partial charge in [-0.15, -0.1) is 5.53 Å². The van der Waals surface area contributed by atoms with Crippen molar-refractivity contribution in [3.8, 4) is 11.3 Å². The molecule has 1 atom stereocenters. The number of carbonyl (C=O) groups excluding carboxylic acids is 1. The van der Waals surface area contributed by atoms with Crippen molar-refractivity contribution < 1.29 is 14.4 Å². The maximum Gasteiger partial charge on any atom is 0.273 e. The number of nitrogens with zero attached hydrogens (tertiary/aromatic N) is 2. The quantitative estimate of drug-likeness (QED) is 0.638. The monoisotopic (exact) mass is 355 g/mol. The van der Waals surface area contributed by atoms with E-state index in [1.54, 1.807) is 13.0 Å². The maximum atomic E-state index is 12.3. The molecule has 0 unspecified atom stereocenters. The van der Waals surface area contributed by atoms with Crippen LogP contribution < -0.4 is 16.3 Å². The second-order valence-corrected chi connectivity index (χ2v) is 6.64. The van der Waals surface area contributed by atoms with Crippen LogP contribution in [0.25, 0.3) is 11.3 Å². The van der Waals surface area contributed by atoms with Crippen LogP contribution in [-0.4, -0.2) is 39.4 Å². The second kappa shape index (κ2) is 6.81. The van der Waals surface area contributed by atoms with Gasteiger partial charge in [-0.2, -0.15) is 0 Å². The molecule has 1 aromatic carbocycles. The molecule has 136 valence electrons. The first kappa shape index (κ1) is 16.6. The Bertz CT molecular complexity index is 811. The predicted octanol–water partition coefficient (Wildman–Crippen LogP) is 1.15. The number of rotatable bonds is 5. The average Bonchev–Trinajstić information content (AvgIpc) is 3.28. The number of hydrogen-bond donors (Lipinski definition) is 4. The molecular weight excluding hydrogens is 334 g/mol. The van der Waals surface area contributed by atoms with E-state index in [1.165, 1.54) is 0 Å². The minimum absolute atomic E-state index is 0.0928. The van der Waals surface area contributed by atoms with Gasteiger partial charge in [-0.1, -0.05) is 35.5 Å². The Balaban J connectivity index is 1.30. The van der Waals surface area contributed by atoms with Crippen LogP contribution in [-0.2, 0) is 0 Å². The summed E-state index contributed by atoms with van der Waals surface area (Å²) in [6, 6.07) is 11.6. The normalized spacial score (nSPS) is 23.0. The van der Waals surface area contributed by atoms with E-state index in [0.29, 0.717) is 5.76 Å². The van der Waals surface area contributed by atoms with Crippen molar-refractivity contribution in [2.75, 3.05) is 0 Å². The highest BCUT2D eigenvalue weighted by Gasteiger charge is 2.36. The molecule has 1 saturated carbocycles. The van der Waals surface area contributed by atoms with E-state index >= 15 is 0 Å². The molecule has 0 bridgehead atoms. The van der Waals surface area contributed by atoms with Crippen molar-refractivity contribution in [2.24, 2.45) is 0 Å². The summed E-state index contributed by atoms with van der Waals surface area (Å²) in [5.74, 6) is 0.345. The molecule has 0 spiro atoms. The SMILES string of the molecule is C[C@@H](O)C1=CN([C@H]2C[C@H](NC(=O)c3cc(-c4ccccc4)on3)C2)NN1. The fourth-order valence-electron chi connectivity index (χ4n) is 3.07. The zero-order valence-electron chi connectivity index (χ0n) is 14.3. The fraction of sp³-hybridized carbons (Fsp3) is 0.333. The number of benzene rings is 1. The van der Waals surface area contributed by atoms with E-state index < -0.39 is 6.10 Å². The molecule has 1 fully saturated rings. The number of aliphatic hydroxyl groups is 1. The molecule has 0 radical (unpaired) electrons. The van der Waals surface area contributed by atoms with E-state index in [9.17, 15) is 9.90 Å².